The summed E-state index contributed by atoms with van der Waals surface area (Å²) < 4.78 is 0. The van der Waals surface area contributed by atoms with Crippen molar-refractivity contribution in [2.75, 3.05) is 13.1 Å². The lowest BCUT2D eigenvalue weighted by atomic mass is 9.99. The van der Waals surface area contributed by atoms with Gasteiger partial charge in [0.15, 0.2) is 5.79 Å². The van der Waals surface area contributed by atoms with Gasteiger partial charge in [-0.15, -0.1) is 0 Å². The van der Waals surface area contributed by atoms with Crippen LogP contribution in [0.4, 0.5) is 0 Å². The molecule has 0 aliphatic carbocycles. The van der Waals surface area contributed by atoms with E-state index in [1.807, 2.05) is 0 Å². The molecule has 0 aromatic rings. The van der Waals surface area contributed by atoms with Gasteiger partial charge in [0.25, 0.3) is 0 Å². The molecule has 0 spiro atoms. The fourth-order valence-corrected chi connectivity index (χ4v) is 1.93. The quantitative estimate of drug-likeness (QED) is 0.259. The smallest absolute Gasteiger partial charge is 0.162 e. The molecular weight excluding hydrogens is 232 g/mol. The first-order valence-electron chi connectivity index (χ1n) is 7.05. The van der Waals surface area contributed by atoms with E-state index < -0.39 is 11.9 Å². The van der Waals surface area contributed by atoms with E-state index in [-0.39, 0.29) is 6.42 Å². The second-order valence-corrected chi connectivity index (χ2v) is 5.06. The molecule has 0 heterocycles. The van der Waals surface area contributed by atoms with Gasteiger partial charge in [-0.3, -0.25) is 0 Å². The first-order valence-corrected chi connectivity index (χ1v) is 7.05. The molecule has 0 aliphatic rings. The number of aliphatic hydroxyl groups excluding tert-OH is 1. The van der Waals surface area contributed by atoms with Crippen molar-refractivity contribution in [2.24, 2.45) is 11.5 Å². The van der Waals surface area contributed by atoms with Gasteiger partial charge in [-0.05, 0) is 45.2 Å². The van der Waals surface area contributed by atoms with E-state index in [2.05, 4.69) is 0 Å². The van der Waals surface area contributed by atoms with Crippen molar-refractivity contribution in [3.8, 4) is 0 Å². The minimum atomic E-state index is -1.65. The van der Waals surface area contributed by atoms with Crippen molar-refractivity contribution in [1.29, 1.82) is 0 Å². The second-order valence-electron chi connectivity index (χ2n) is 5.06. The second kappa shape index (κ2) is 10.7. The third-order valence-corrected chi connectivity index (χ3v) is 3.15. The maximum atomic E-state index is 9.74. The first-order chi connectivity index (χ1) is 8.52. The molecule has 0 aromatic heterocycles. The van der Waals surface area contributed by atoms with Gasteiger partial charge in [0.1, 0.15) is 0 Å². The Labute approximate surface area is 110 Å². The maximum Gasteiger partial charge on any atom is 0.162 e. The van der Waals surface area contributed by atoms with Gasteiger partial charge >= 0.3 is 0 Å². The van der Waals surface area contributed by atoms with Crippen LogP contribution >= 0.6 is 0 Å². The molecule has 0 aromatic carbocycles. The molecule has 1 unspecified atom stereocenters. The third kappa shape index (κ3) is 10.9. The van der Waals surface area contributed by atoms with E-state index in [0.29, 0.717) is 32.4 Å². The molecule has 5 heteroatoms. The molecule has 7 N–H and O–H groups in total. The molecule has 18 heavy (non-hydrogen) atoms. The van der Waals surface area contributed by atoms with Crippen LogP contribution in [0.25, 0.3) is 0 Å². The molecule has 0 amide bonds. The van der Waals surface area contributed by atoms with Gasteiger partial charge in [-0.1, -0.05) is 12.8 Å². The molecule has 5 nitrogen and oxygen atoms in total. The summed E-state index contributed by atoms with van der Waals surface area (Å²) >= 11 is 0. The average molecular weight is 262 g/mol. The number of nitrogens with two attached hydrogens (primary N) is 2. The van der Waals surface area contributed by atoms with Crippen molar-refractivity contribution < 1.29 is 15.3 Å². The summed E-state index contributed by atoms with van der Waals surface area (Å²) in [6.45, 7) is 1.25. The molecule has 0 saturated carbocycles. The van der Waals surface area contributed by atoms with E-state index in [1.165, 1.54) is 0 Å². The Balaban J connectivity index is 3.59. The van der Waals surface area contributed by atoms with Gasteiger partial charge in [-0.25, -0.2) is 0 Å². The fourth-order valence-electron chi connectivity index (χ4n) is 1.93. The number of hydrogen-bond donors (Lipinski definition) is 5. The minimum Gasteiger partial charge on any atom is -0.393 e. The molecule has 0 rings (SSSR count). The van der Waals surface area contributed by atoms with Gasteiger partial charge < -0.3 is 26.8 Å². The zero-order valence-electron chi connectivity index (χ0n) is 11.4. The zero-order valence-corrected chi connectivity index (χ0v) is 11.4. The van der Waals surface area contributed by atoms with Crippen LogP contribution in [-0.2, 0) is 0 Å². The Kier molecular flexibility index (Phi) is 10.6. The monoisotopic (exact) mass is 262 g/mol. The van der Waals surface area contributed by atoms with E-state index in [4.69, 9.17) is 11.5 Å². The van der Waals surface area contributed by atoms with Gasteiger partial charge in [-0.2, -0.15) is 0 Å². The summed E-state index contributed by atoms with van der Waals surface area (Å²) in [5, 5.41) is 29.1. The van der Waals surface area contributed by atoms with Gasteiger partial charge in [0.2, 0.25) is 0 Å². The average Bonchev–Trinajstić information content (AvgIpc) is 2.33. The fraction of sp³-hybridized carbons (Fsp3) is 1.00. The van der Waals surface area contributed by atoms with Crippen LogP contribution in [0.1, 0.15) is 57.8 Å². The first kappa shape index (κ1) is 17.8. The van der Waals surface area contributed by atoms with Gasteiger partial charge in [0, 0.05) is 12.8 Å². The highest BCUT2D eigenvalue weighted by molar-refractivity contribution is 4.68. The lowest BCUT2D eigenvalue weighted by Gasteiger charge is -2.23. The van der Waals surface area contributed by atoms with E-state index in [1.54, 1.807) is 0 Å². The van der Waals surface area contributed by atoms with Gasteiger partial charge in [0.05, 0.1) is 6.10 Å². The molecule has 0 bridgehead atoms. The number of rotatable bonds is 12. The van der Waals surface area contributed by atoms with Crippen LogP contribution in [-0.4, -0.2) is 40.3 Å². The van der Waals surface area contributed by atoms with Crippen LogP contribution in [0.5, 0.6) is 0 Å². The van der Waals surface area contributed by atoms with Crippen LogP contribution in [0.15, 0.2) is 0 Å². The van der Waals surface area contributed by atoms with Crippen molar-refractivity contribution in [3.05, 3.63) is 0 Å². The van der Waals surface area contributed by atoms with E-state index in [0.717, 1.165) is 32.1 Å². The van der Waals surface area contributed by atoms with Crippen LogP contribution in [0.2, 0.25) is 0 Å². The Bertz CT molecular complexity index is 189. The predicted octanol–water partition coefficient (Wildman–Crippen LogP) is 0.457. The largest absolute Gasteiger partial charge is 0.393 e. The van der Waals surface area contributed by atoms with Crippen LogP contribution < -0.4 is 11.5 Å². The van der Waals surface area contributed by atoms with Crippen molar-refractivity contribution in [3.63, 3.8) is 0 Å². The van der Waals surface area contributed by atoms with Crippen LogP contribution in [0, 0.1) is 0 Å². The maximum absolute atomic E-state index is 9.74. The summed E-state index contributed by atoms with van der Waals surface area (Å²) in [5.41, 5.74) is 10.7. The summed E-state index contributed by atoms with van der Waals surface area (Å²) in [5.74, 6) is -1.65. The third-order valence-electron chi connectivity index (χ3n) is 3.15. The highest BCUT2D eigenvalue weighted by Gasteiger charge is 2.23. The molecule has 0 radical (unpaired) electrons. The Morgan fingerprint density at radius 3 is 2.00 bits per heavy atom. The standard InChI is InChI=1S/C13H30N2O3/c14-10-4-2-1-3-8-13(17,18)9-7-12(16)6-5-11-15/h12,16-18H,1-11,14-15H2. The molecular formula is C13H30N2O3. The molecule has 110 valence electrons. The minimum absolute atomic E-state index is 0.218. The SMILES string of the molecule is NCCCCCCC(O)(O)CCC(O)CCCN. The molecule has 1 atom stereocenters. The normalized spacial score (nSPS) is 13.8. The Morgan fingerprint density at radius 2 is 1.39 bits per heavy atom. The Morgan fingerprint density at radius 1 is 0.778 bits per heavy atom. The zero-order chi connectivity index (χ0) is 13.9. The summed E-state index contributed by atoms with van der Waals surface area (Å²) in [6.07, 6.45) is 5.68. The highest BCUT2D eigenvalue weighted by Crippen LogP contribution is 2.20. The highest BCUT2D eigenvalue weighted by atomic mass is 16.5. The summed E-state index contributed by atoms with van der Waals surface area (Å²) in [6, 6.07) is 0. The molecule has 0 aliphatic heterocycles. The van der Waals surface area contributed by atoms with Crippen molar-refractivity contribution in [1.82, 2.24) is 0 Å². The number of aliphatic hydroxyl groups is 3. The number of unbranched alkanes of at least 4 members (excludes halogenated alkanes) is 3. The summed E-state index contributed by atoms with van der Waals surface area (Å²) in [7, 11) is 0. The Hall–Kier alpha value is -0.200. The number of hydrogen-bond acceptors (Lipinski definition) is 5. The van der Waals surface area contributed by atoms with Crippen molar-refractivity contribution in [2.45, 2.75) is 69.7 Å². The lowest BCUT2D eigenvalue weighted by molar-refractivity contribution is -0.175. The predicted molar refractivity (Wildman–Crippen MR) is 72.8 cm³/mol. The van der Waals surface area contributed by atoms with Crippen LogP contribution in [0.3, 0.4) is 0 Å². The lowest BCUT2D eigenvalue weighted by Crippen LogP contribution is -2.29. The van der Waals surface area contributed by atoms with E-state index >= 15 is 0 Å². The molecule has 0 fully saturated rings. The van der Waals surface area contributed by atoms with Crippen molar-refractivity contribution >= 4 is 0 Å². The topological polar surface area (TPSA) is 113 Å². The van der Waals surface area contributed by atoms with E-state index in [9.17, 15) is 15.3 Å². The molecule has 0 saturated heterocycles. The summed E-state index contributed by atoms with van der Waals surface area (Å²) in [4.78, 5) is 0.